The van der Waals surface area contributed by atoms with Crippen molar-refractivity contribution in [1.29, 1.82) is 0 Å². The van der Waals surface area contributed by atoms with Crippen LogP contribution in [-0.4, -0.2) is 13.2 Å². The summed E-state index contributed by atoms with van der Waals surface area (Å²) in [5, 5.41) is 4.51. The summed E-state index contributed by atoms with van der Waals surface area (Å²) in [7, 11) is 0. The molecule has 0 saturated heterocycles. The second kappa shape index (κ2) is 8.30. The van der Waals surface area contributed by atoms with Gasteiger partial charge >= 0.3 is 0 Å². The van der Waals surface area contributed by atoms with Crippen molar-refractivity contribution in [3.8, 4) is 5.75 Å². The lowest BCUT2D eigenvalue weighted by Gasteiger charge is -2.16. The van der Waals surface area contributed by atoms with E-state index >= 15 is 0 Å². The van der Waals surface area contributed by atoms with E-state index in [-0.39, 0.29) is 0 Å². The number of para-hydroxylation sites is 1. The summed E-state index contributed by atoms with van der Waals surface area (Å²) in [5.74, 6) is 1.46. The molecule has 1 unspecified atom stereocenters. The third-order valence-electron chi connectivity index (χ3n) is 3.61. The Balaban J connectivity index is 1.89. The first-order chi connectivity index (χ1) is 10.6. The molecule has 2 aromatic carbocycles. The zero-order valence-corrected chi connectivity index (χ0v) is 14.4. The van der Waals surface area contributed by atoms with Crippen LogP contribution in [-0.2, 0) is 0 Å². The number of anilines is 1. The van der Waals surface area contributed by atoms with E-state index in [2.05, 4.69) is 31.3 Å². The number of hydrogen-bond acceptors (Lipinski definition) is 2. The van der Waals surface area contributed by atoms with Gasteiger partial charge in [0.2, 0.25) is 0 Å². The molecule has 0 aliphatic rings. The van der Waals surface area contributed by atoms with E-state index in [0.717, 1.165) is 17.9 Å². The molecular weight excluding hydrogens is 317 g/mol. The molecule has 1 N–H and O–H groups in total. The minimum absolute atomic E-state index is 0.496. The van der Waals surface area contributed by atoms with Gasteiger partial charge in [-0.05, 0) is 42.2 Å². The fourth-order valence-electron chi connectivity index (χ4n) is 2.25. The molecule has 0 aliphatic heterocycles. The fourth-order valence-corrected chi connectivity index (χ4v) is 2.78. The van der Waals surface area contributed by atoms with Gasteiger partial charge in [0, 0.05) is 22.3 Å². The van der Waals surface area contributed by atoms with Crippen molar-refractivity contribution in [1.82, 2.24) is 0 Å². The second-order valence-electron chi connectivity index (χ2n) is 5.28. The van der Waals surface area contributed by atoms with Crippen LogP contribution < -0.4 is 10.1 Å². The van der Waals surface area contributed by atoms with Crippen molar-refractivity contribution in [2.75, 3.05) is 18.5 Å². The normalized spacial score (nSPS) is 12.0. The molecule has 22 heavy (non-hydrogen) atoms. The van der Waals surface area contributed by atoms with Gasteiger partial charge in [0.15, 0.2) is 0 Å². The predicted octanol–water partition coefficient (Wildman–Crippen LogP) is 6.00. The van der Waals surface area contributed by atoms with Crippen molar-refractivity contribution in [2.24, 2.45) is 0 Å². The van der Waals surface area contributed by atoms with Crippen molar-refractivity contribution in [2.45, 2.75) is 26.2 Å². The lowest BCUT2D eigenvalue weighted by molar-refractivity contribution is 0.327. The van der Waals surface area contributed by atoms with Crippen LogP contribution in [0.4, 0.5) is 5.69 Å². The minimum Gasteiger partial charge on any atom is -0.491 e. The molecule has 0 saturated carbocycles. The van der Waals surface area contributed by atoms with Gasteiger partial charge in [0.05, 0.1) is 0 Å². The van der Waals surface area contributed by atoms with Crippen LogP contribution >= 0.6 is 23.2 Å². The van der Waals surface area contributed by atoms with E-state index in [1.165, 1.54) is 5.56 Å². The molecule has 0 aliphatic carbocycles. The molecule has 118 valence electrons. The highest BCUT2D eigenvalue weighted by molar-refractivity contribution is 6.35. The van der Waals surface area contributed by atoms with Crippen LogP contribution in [0.25, 0.3) is 0 Å². The molecule has 0 spiro atoms. The molecule has 1 atom stereocenters. The van der Waals surface area contributed by atoms with Crippen molar-refractivity contribution < 1.29 is 4.74 Å². The quantitative estimate of drug-likeness (QED) is 0.625. The number of nitrogens with one attached hydrogen (secondary N) is 1. The number of benzene rings is 2. The van der Waals surface area contributed by atoms with E-state index in [1.54, 1.807) is 6.07 Å². The van der Waals surface area contributed by atoms with Gasteiger partial charge in [0.1, 0.15) is 12.4 Å². The van der Waals surface area contributed by atoms with Gasteiger partial charge in [0.25, 0.3) is 0 Å². The van der Waals surface area contributed by atoms with Crippen LogP contribution in [0.15, 0.2) is 42.5 Å². The molecule has 0 bridgehead atoms. The lowest BCUT2D eigenvalue weighted by Crippen LogP contribution is -2.12. The Kier molecular flexibility index (Phi) is 6.41. The molecule has 2 aromatic rings. The third-order valence-corrected chi connectivity index (χ3v) is 4.05. The first-order valence-electron chi connectivity index (χ1n) is 7.52. The maximum atomic E-state index is 5.97. The Morgan fingerprint density at radius 1 is 1.09 bits per heavy atom. The summed E-state index contributed by atoms with van der Waals surface area (Å²) >= 11 is 11.9. The molecule has 2 nitrogen and oxygen atoms in total. The van der Waals surface area contributed by atoms with Crippen LogP contribution in [0, 0.1) is 0 Å². The zero-order chi connectivity index (χ0) is 15.9. The van der Waals surface area contributed by atoms with Gasteiger partial charge in [-0.25, -0.2) is 0 Å². The Labute approximate surface area is 142 Å². The average Bonchev–Trinajstić information content (AvgIpc) is 2.50. The Hall–Kier alpha value is -1.38. The summed E-state index contributed by atoms with van der Waals surface area (Å²) in [5.41, 5.74) is 2.16. The van der Waals surface area contributed by atoms with Crippen molar-refractivity contribution in [3.63, 3.8) is 0 Å². The minimum atomic E-state index is 0.496. The lowest BCUT2D eigenvalue weighted by atomic mass is 9.98. The third kappa shape index (κ3) is 4.82. The zero-order valence-electron chi connectivity index (χ0n) is 12.9. The number of hydrogen-bond donors (Lipinski definition) is 1. The molecule has 0 amide bonds. The average molecular weight is 338 g/mol. The number of ether oxygens (including phenoxy) is 1. The Bertz CT molecular complexity index is 596. The first-order valence-corrected chi connectivity index (χ1v) is 8.27. The van der Waals surface area contributed by atoms with E-state index in [9.17, 15) is 0 Å². The van der Waals surface area contributed by atoms with E-state index < -0.39 is 0 Å². The largest absolute Gasteiger partial charge is 0.491 e. The maximum Gasteiger partial charge on any atom is 0.122 e. The van der Waals surface area contributed by atoms with Gasteiger partial charge < -0.3 is 10.1 Å². The molecule has 0 radical (unpaired) electrons. The van der Waals surface area contributed by atoms with Crippen molar-refractivity contribution >= 4 is 28.9 Å². The molecule has 2 rings (SSSR count). The van der Waals surface area contributed by atoms with E-state index in [1.807, 2.05) is 24.3 Å². The number of halogens is 2. The summed E-state index contributed by atoms with van der Waals surface area (Å²) in [6, 6.07) is 13.6. The highest BCUT2D eigenvalue weighted by atomic mass is 35.5. The molecule has 0 heterocycles. The fraction of sp³-hybridized carbons (Fsp3) is 0.333. The van der Waals surface area contributed by atoms with Gasteiger partial charge in [-0.15, -0.1) is 0 Å². The summed E-state index contributed by atoms with van der Waals surface area (Å²) in [6.07, 6.45) is 1.10. The van der Waals surface area contributed by atoms with Crippen LogP contribution in [0.5, 0.6) is 5.75 Å². The maximum absolute atomic E-state index is 5.97. The SMILES string of the molecule is CCC(C)c1ccccc1OCCNc1cc(Cl)cc(Cl)c1. The predicted molar refractivity (Wildman–Crippen MR) is 95.6 cm³/mol. The Morgan fingerprint density at radius 2 is 1.77 bits per heavy atom. The monoisotopic (exact) mass is 337 g/mol. The highest BCUT2D eigenvalue weighted by Crippen LogP contribution is 2.28. The molecular formula is C18H21Cl2NO. The Morgan fingerprint density at radius 3 is 2.45 bits per heavy atom. The molecule has 4 heteroatoms. The van der Waals surface area contributed by atoms with Crippen LogP contribution in [0.3, 0.4) is 0 Å². The molecule has 0 fully saturated rings. The highest BCUT2D eigenvalue weighted by Gasteiger charge is 2.09. The second-order valence-corrected chi connectivity index (χ2v) is 6.15. The summed E-state index contributed by atoms with van der Waals surface area (Å²) in [4.78, 5) is 0. The van der Waals surface area contributed by atoms with Gasteiger partial charge in [-0.3, -0.25) is 0 Å². The number of rotatable bonds is 7. The summed E-state index contributed by atoms with van der Waals surface area (Å²) in [6.45, 7) is 5.67. The first kappa shape index (κ1) is 17.0. The van der Waals surface area contributed by atoms with Crippen LogP contribution in [0.1, 0.15) is 31.7 Å². The molecule has 0 aromatic heterocycles. The smallest absolute Gasteiger partial charge is 0.122 e. The van der Waals surface area contributed by atoms with E-state index in [0.29, 0.717) is 29.1 Å². The standard InChI is InChI=1S/C18H21Cl2NO/c1-3-13(2)17-6-4-5-7-18(17)22-9-8-21-16-11-14(19)10-15(20)12-16/h4-7,10-13,21H,3,8-9H2,1-2H3. The summed E-state index contributed by atoms with van der Waals surface area (Å²) < 4.78 is 5.91. The van der Waals surface area contributed by atoms with Crippen molar-refractivity contribution in [3.05, 3.63) is 58.1 Å². The van der Waals surface area contributed by atoms with Crippen LogP contribution in [0.2, 0.25) is 10.0 Å². The van der Waals surface area contributed by atoms with Gasteiger partial charge in [-0.1, -0.05) is 55.2 Å². The van der Waals surface area contributed by atoms with Gasteiger partial charge in [-0.2, -0.15) is 0 Å². The topological polar surface area (TPSA) is 21.3 Å². The van der Waals surface area contributed by atoms with E-state index in [4.69, 9.17) is 27.9 Å².